The molecule has 174 valence electrons. The van der Waals surface area contributed by atoms with Crippen molar-refractivity contribution in [2.24, 2.45) is 11.8 Å². The largest absolute Gasteiger partial charge is 0.481 e. The summed E-state index contributed by atoms with van der Waals surface area (Å²) < 4.78 is 10.4. The Labute approximate surface area is 195 Å². The summed E-state index contributed by atoms with van der Waals surface area (Å²) in [7, 11) is 0. The van der Waals surface area contributed by atoms with E-state index in [0.29, 0.717) is 6.42 Å². The molecule has 9 heteroatoms. The number of carbonyl (C=O) groups is 3. The molecule has 34 heavy (non-hydrogen) atoms. The number of hydrogen-bond donors (Lipinski definition) is 3. The van der Waals surface area contributed by atoms with Gasteiger partial charge in [0.1, 0.15) is 24.1 Å². The van der Waals surface area contributed by atoms with Crippen molar-refractivity contribution in [1.82, 2.24) is 15.8 Å². The highest BCUT2D eigenvalue weighted by atomic mass is 16.5. The van der Waals surface area contributed by atoms with Gasteiger partial charge in [-0.1, -0.05) is 53.7 Å². The molecule has 9 nitrogen and oxygen atoms in total. The number of alkyl carbamates (subject to hydrolysis) is 1. The van der Waals surface area contributed by atoms with Crippen molar-refractivity contribution in [3.05, 3.63) is 77.2 Å². The summed E-state index contributed by atoms with van der Waals surface area (Å²) in [5.41, 5.74) is 4.97. The smallest absolute Gasteiger partial charge is 0.407 e. The Morgan fingerprint density at radius 2 is 1.71 bits per heavy atom. The van der Waals surface area contributed by atoms with E-state index >= 15 is 0 Å². The van der Waals surface area contributed by atoms with Crippen LogP contribution in [0.25, 0.3) is 11.1 Å². The number of carbonyl (C=O) groups excluding carboxylic acids is 2. The Morgan fingerprint density at radius 3 is 2.35 bits per heavy atom. The molecule has 0 bridgehead atoms. The summed E-state index contributed by atoms with van der Waals surface area (Å²) in [4.78, 5) is 35.7. The van der Waals surface area contributed by atoms with Gasteiger partial charge >= 0.3 is 12.1 Å². The van der Waals surface area contributed by atoms with Crippen LogP contribution in [0.5, 0.6) is 0 Å². The third-order valence-corrected chi connectivity index (χ3v) is 6.40. The highest BCUT2D eigenvalue weighted by molar-refractivity contribution is 5.95. The van der Waals surface area contributed by atoms with E-state index in [0.717, 1.165) is 22.3 Å². The molecule has 1 saturated carbocycles. The number of ether oxygens (including phenoxy) is 1. The Hall–Kier alpha value is -4.14. The number of rotatable bonds is 8. The van der Waals surface area contributed by atoms with Gasteiger partial charge in [0.05, 0.1) is 12.5 Å². The standard InChI is InChI=1S/C25H23N3O6/c29-23(26-10-14-9-19(14)24(30)31)21-13-34-28-22(21)11-27-25(32)33-12-20-17-7-3-1-5-15(17)16-6-2-4-8-18(16)20/h1-8,13-14,19-20H,9-12H2,(H,26,29)(H,27,32)(H,30,31). The molecule has 2 atom stereocenters. The molecule has 3 aromatic rings. The molecule has 2 amide bonds. The van der Waals surface area contributed by atoms with Gasteiger partial charge in [0.15, 0.2) is 0 Å². The third kappa shape index (κ3) is 4.24. The van der Waals surface area contributed by atoms with Gasteiger partial charge in [0.2, 0.25) is 0 Å². The Kier molecular flexibility index (Phi) is 5.75. The SMILES string of the molecule is O=C(NCc1nocc1C(=O)NCC1CC1C(=O)O)OCC1c2ccccc2-c2ccccc21. The molecule has 0 aliphatic heterocycles. The first-order valence-electron chi connectivity index (χ1n) is 11.1. The summed E-state index contributed by atoms with van der Waals surface area (Å²) in [5.74, 6) is -1.80. The number of nitrogens with zero attached hydrogens (tertiary/aromatic N) is 1. The average Bonchev–Trinajstić information content (AvgIpc) is 3.36. The van der Waals surface area contributed by atoms with Crippen molar-refractivity contribution < 1.29 is 28.8 Å². The molecule has 1 fully saturated rings. The lowest BCUT2D eigenvalue weighted by Gasteiger charge is -2.14. The van der Waals surface area contributed by atoms with Gasteiger partial charge < -0.3 is 25.0 Å². The van der Waals surface area contributed by atoms with Gasteiger partial charge in [-0.15, -0.1) is 0 Å². The van der Waals surface area contributed by atoms with Gasteiger partial charge in [-0.25, -0.2) is 4.79 Å². The van der Waals surface area contributed by atoms with Crippen LogP contribution in [-0.2, 0) is 16.1 Å². The minimum absolute atomic E-state index is 0.0445. The number of amides is 2. The van der Waals surface area contributed by atoms with Crippen molar-refractivity contribution >= 4 is 18.0 Å². The first-order chi connectivity index (χ1) is 16.5. The highest BCUT2D eigenvalue weighted by Crippen LogP contribution is 2.44. The summed E-state index contributed by atoms with van der Waals surface area (Å²) in [6, 6.07) is 16.1. The van der Waals surface area contributed by atoms with E-state index in [2.05, 4.69) is 27.9 Å². The maximum atomic E-state index is 12.4. The van der Waals surface area contributed by atoms with Crippen molar-refractivity contribution in [3.8, 4) is 11.1 Å². The average molecular weight is 461 g/mol. The van der Waals surface area contributed by atoms with Crippen LogP contribution in [0.1, 0.15) is 39.5 Å². The van der Waals surface area contributed by atoms with E-state index in [1.807, 2.05) is 36.4 Å². The molecule has 0 spiro atoms. The predicted octanol–water partition coefficient (Wildman–Crippen LogP) is 3.16. The number of carboxylic acids is 1. The normalized spacial score (nSPS) is 18.0. The maximum absolute atomic E-state index is 12.4. The minimum atomic E-state index is -0.850. The lowest BCUT2D eigenvalue weighted by atomic mass is 9.98. The highest BCUT2D eigenvalue weighted by Gasteiger charge is 2.43. The summed E-state index contributed by atoms with van der Waals surface area (Å²) >= 11 is 0. The molecule has 5 rings (SSSR count). The van der Waals surface area contributed by atoms with E-state index in [4.69, 9.17) is 14.4 Å². The van der Waals surface area contributed by atoms with Gasteiger partial charge in [-0.2, -0.15) is 0 Å². The van der Waals surface area contributed by atoms with Crippen molar-refractivity contribution in [2.45, 2.75) is 18.9 Å². The Balaban J connectivity index is 1.14. The van der Waals surface area contributed by atoms with E-state index in [1.165, 1.54) is 6.26 Å². The van der Waals surface area contributed by atoms with Crippen LogP contribution in [0.2, 0.25) is 0 Å². The van der Waals surface area contributed by atoms with Crippen molar-refractivity contribution in [3.63, 3.8) is 0 Å². The number of fused-ring (bicyclic) bond motifs is 3. The zero-order valence-electron chi connectivity index (χ0n) is 18.2. The fourth-order valence-electron chi connectivity index (χ4n) is 4.47. The predicted molar refractivity (Wildman–Crippen MR) is 120 cm³/mol. The second kappa shape index (κ2) is 9.01. The second-order valence-corrected chi connectivity index (χ2v) is 8.50. The minimum Gasteiger partial charge on any atom is -0.481 e. The van der Waals surface area contributed by atoms with Crippen molar-refractivity contribution in [1.29, 1.82) is 0 Å². The number of carboxylic acid groups (broad SMARTS) is 1. The van der Waals surface area contributed by atoms with Crippen LogP contribution >= 0.6 is 0 Å². The van der Waals surface area contributed by atoms with Gasteiger partial charge in [-0.05, 0) is 34.6 Å². The van der Waals surface area contributed by atoms with E-state index in [-0.39, 0.29) is 42.8 Å². The van der Waals surface area contributed by atoms with E-state index in [1.54, 1.807) is 0 Å². The topological polar surface area (TPSA) is 131 Å². The number of aliphatic carboxylic acids is 1. The van der Waals surface area contributed by atoms with Crippen LogP contribution < -0.4 is 10.6 Å². The van der Waals surface area contributed by atoms with Crippen LogP contribution in [0.3, 0.4) is 0 Å². The molecule has 0 saturated heterocycles. The second-order valence-electron chi connectivity index (χ2n) is 8.50. The molecular formula is C25H23N3O6. The number of aromatic nitrogens is 1. The van der Waals surface area contributed by atoms with E-state index in [9.17, 15) is 14.4 Å². The van der Waals surface area contributed by atoms with Crippen LogP contribution in [-0.4, -0.2) is 41.4 Å². The summed E-state index contributed by atoms with van der Waals surface area (Å²) in [6.45, 7) is 0.398. The number of nitrogens with one attached hydrogen (secondary N) is 2. The first-order valence-corrected chi connectivity index (χ1v) is 11.1. The zero-order valence-corrected chi connectivity index (χ0v) is 18.2. The van der Waals surface area contributed by atoms with Gasteiger partial charge in [0, 0.05) is 12.5 Å². The molecule has 2 unspecified atom stereocenters. The Bertz CT molecular complexity index is 1210. The number of hydrogen-bond acceptors (Lipinski definition) is 6. The fraction of sp³-hybridized carbons (Fsp3) is 0.280. The van der Waals surface area contributed by atoms with Crippen LogP contribution in [0.15, 0.2) is 59.3 Å². The zero-order chi connectivity index (χ0) is 23.7. The van der Waals surface area contributed by atoms with Gasteiger partial charge in [0.25, 0.3) is 5.91 Å². The number of benzene rings is 2. The monoisotopic (exact) mass is 461 g/mol. The summed E-state index contributed by atoms with van der Waals surface area (Å²) in [6.07, 6.45) is 1.12. The molecular weight excluding hydrogens is 438 g/mol. The van der Waals surface area contributed by atoms with Crippen LogP contribution in [0.4, 0.5) is 4.79 Å². The van der Waals surface area contributed by atoms with Crippen LogP contribution in [0, 0.1) is 11.8 Å². The molecule has 0 radical (unpaired) electrons. The maximum Gasteiger partial charge on any atom is 0.407 e. The quantitative estimate of drug-likeness (QED) is 0.470. The Morgan fingerprint density at radius 1 is 1.03 bits per heavy atom. The molecule has 3 N–H and O–H groups in total. The van der Waals surface area contributed by atoms with Gasteiger partial charge in [-0.3, -0.25) is 9.59 Å². The molecule has 2 aliphatic rings. The lowest BCUT2D eigenvalue weighted by molar-refractivity contribution is -0.138. The lowest BCUT2D eigenvalue weighted by Crippen LogP contribution is -2.29. The third-order valence-electron chi connectivity index (χ3n) is 6.40. The molecule has 1 aromatic heterocycles. The summed E-state index contributed by atoms with van der Waals surface area (Å²) in [5, 5.41) is 18.1. The molecule has 2 aliphatic carbocycles. The first kappa shape index (κ1) is 21.7. The molecule has 2 aromatic carbocycles. The van der Waals surface area contributed by atoms with E-state index < -0.39 is 23.9 Å². The fourth-order valence-corrected chi connectivity index (χ4v) is 4.47. The molecule has 1 heterocycles. The van der Waals surface area contributed by atoms with Crippen molar-refractivity contribution in [2.75, 3.05) is 13.2 Å².